The van der Waals surface area contributed by atoms with Crippen molar-refractivity contribution in [2.45, 2.75) is 38.6 Å². The van der Waals surface area contributed by atoms with Crippen molar-refractivity contribution in [3.05, 3.63) is 0 Å². The summed E-state index contributed by atoms with van der Waals surface area (Å²) in [7, 11) is 0. The van der Waals surface area contributed by atoms with E-state index in [0.717, 1.165) is 31.8 Å². The van der Waals surface area contributed by atoms with Crippen molar-refractivity contribution in [3.63, 3.8) is 0 Å². The van der Waals surface area contributed by atoms with Gasteiger partial charge < -0.3 is 10.6 Å². The molecule has 1 saturated carbocycles. The second-order valence-electron chi connectivity index (χ2n) is 4.82. The fraction of sp³-hybridized carbons (Fsp3) is 0.909. The summed E-state index contributed by atoms with van der Waals surface area (Å²) in [5.74, 6) is 1.42. The minimum absolute atomic E-state index is 0.295. The molecule has 1 heterocycles. The first-order valence-corrected chi connectivity index (χ1v) is 5.77. The molecule has 0 aromatic rings. The van der Waals surface area contributed by atoms with Gasteiger partial charge in [0, 0.05) is 19.0 Å². The zero-order valence-electron chi connectivity index (χ0n) is 8.88. The summed E-state index contributed by atoms with van der Waals surface area (Å²) in [5.41, 5.74) is 0. The highest BCUT2D eigenvalue weighted by atomic mass is 16.2. The molecule has 14 heavy (non-hydrogen) atoms. The van der Waals surface area contributed by atoms with E-state index in [2.05, 4.69) is 17.6 Å². The van der Waals surface area contributed by atoms with E-state index < -0.39 is 0 Å². The Kier molecular flexibility index (Phi) is 3.06. The highest BCUT2D eigenvalue weighted by Gasteiger charge is 2.27. The fourth-order valence-corrected chi connectivity index (χ4v) is 2.23. The van der Waals surface area contributed by atoms with Crippen molar-refractivity contribution in [3.8, 4) is 0 Å². The van der Waals surface area contributed by atoms with Crippen molar-refractivity contribution >= 4 is 5.91 Å². The van der Waals surface area contributed by atoms with Crippen LogP contribution in [0.15, 0.2) is 0 Å². The first-order chi connectivity index (χ1) is 6.75. The lowest BCUT2D eigenvalue weighted by molar-refractivity contribution is -0.127. The summed E-state index contributed by atoms with van der Waals surface area (Å²) in [6.45, 7) is 4.19. The monoisotopic (exact) mass is 196 g/mol. The van der Waals surface area contributed by atoms with E-state index in [4.69, 9.17) is 0 Å². The fourth-order valence-electron chi connectivity index (χ4n) is 2.23. The van der Waals surface area contributed by atoms with Gasteiger partial charge in [-0.1, -0.05) is 6.92 Å². The van der Waals surface area contributed by atoms with Crippen LogP contribution in [-0.4, -0.2) is 25.0 Å². The van der Waals surface area contributed by atoms with Gasteiger partial charge in [-0.25, -0.2) is 0 Å². The topological polar surface area (TPSA) is 41.1 Å². The van der Waals surface area contributed by atoms with E-state index in [1.165, 1.54) is 12.8 Å². The van der Waals surface area contributed by atoms with Crippen molar-refractivity contribution in [2.24, 2.45) is 11.8 Å². The number of carbonyl (C=O) groups is 1. The third-order valence-electron chi connectivity index (χ3n) is 3.51. The van der Waals surface area contributed by atoms with Crippen LogP contribution in [0.2, 0.25) is 0 Å². The zero-order chi connectivity index (χ0) is 9.97. The van der Waals surface area contributed by atoms with Gasteiger partial charge in [-0.2, -0.15) is 0 Å². The van der Waals surface area contributed by atoms with E-state index in [1.54, 1.807) is 0 Å². The van der Waals surface area contributed by atoms with Crippen LogP contribution >= 0.6 is 0 Å². The average molecular weight is 196 g/mol. The molecule has 0 radical (unpaired) electrons. The molecule has 2 N–H and O–H groups in total. The summed E-state index contributed by atoms with van der Waals surface area (Å²) in [6.07, 6.45) is 4.63. The number of nitrogens with one attached hydrogen (secondary N) is 2. The first kappa shape index (κ1) is 9.97. The summed E-state index contributed by atoms with van der Waals surface area (Å²) in [5, 5.41) is 6.26. The van der Waals surface area contributed by atoms with E-state index in [0.29, 0.717) is 17.9 Å². The molecule has 2 fully saturated rings. The maximum absolute atomic E-state index is 11.8. The Morgan fingerprint density at radius 2 is 1.86 bits per heavy atom. The Labute approximate surface area is 85.6 Å². The number of rotatable bonds is 2. The molecule has 1 saturated heterocycles. The molecule has 3 heteroatoms. The van der Waals surface area contributed by atoms with Crippen LogP contribution in [0.3, 0.4) is 0 Å². The van der Waals surface area contributed by atoms with E-state index in [9.17, 15) is 4.79 Å². The third kappa shape index (κ3) is 2.27. The molecule has 0 atom stereocenters. The summed E-state index contributed by atoms with van der Waals surface area (Å²) in [4.78, 5) is 11.8. The smallest absolute Gasteiger partial charge is 0.223 e. The Morgan fingerprint density at radius 1 is 1.21 bits per heavy atom. The van der Waals surface area contributed by atoms with E-state index in [-0.39, 0.29) is 0 Å². The van der Waals surface area contributed by atoms with Crippen molar-refractivity contribution in [1.82, 2.24) is 10.6 Å². The molecule has 0 spiro atoms. The van der Waals surface area contributed by atoms with Gasteiger partial charge in [-0.05, 0) is 31.6 Å². The van der Waals surface area contributed by atoms with Gasteiger partial charge in [-0.3, -0.25) is 4.79 Å². The molecular formula is C11H20N2O. The van der Waals surface area contributed by atoms with Crippen LogP contribution in [0.4, 0.5) is 0 Å². The highest BCUT2D eigenvalue weighted by Crippen LogP contribution is 2.28. The SMILES string of the molecule is CC1CCC(C(=O)NC2CNC2)CC1. The van der Waals surface area contributed by atoms with Crippen LogP contribution in [0.25, 0.3) is 0 Å². The van der Waals surface area contributed by atoms with Crippen LogP contribution in [-0.2, 0) is 4.79 Å². The van der Waals surface area contributed by atoms with Crippen molar-refractivity contribution in [2.75, 3.05) is 13.1 Å². The Hall–Kier alpha value is -0.570. The number of carbonyl (C=O) groups excluding carboxylic acids is 1. The summed E-state index contributed by atoms with van der Waals surface area (Å²) in [6, 6.07) is 0.404. The Balaban J connectivity index is 1.74. The lowest BCUT2D eigenvalue weighted by Gasteiger charge is -2.31. The van der Waals surface area contributed by atoms with Crippen LogP contribution < -0.4 is 10.6 Å². The maximum Gasteiger partial charge on any atom is 0.223 e. The maximum atomic E-state index is 11.8. The lowest BCUT2D eigenvalue weighted by Crippen LogP contribution is -2.58. The van der Waals surface area contributed by atoms with Gasteiger partial charge in [0.05, 0.1) is 6.04 Å². The average Bonchev–Trinajstić information content (AvgIpc) is 2.12. The molecule has 3 nitrogen and oxygen atoms in total. The van der Waals surface area contributed by atoms with Gasteiger partial charge in [0.25, 0.3) is 0 Å². The standard InChI is InChI=1S/C11H20N2O/c1-8-2-4-9(5-3-8)11(14)13-10-6-12-7-10/h8-10,12H,2-7H2,1H3,(H,13,14). The summed E-state index contributed by atoms with van der Waals surface area (Å²) < 4.78 is 0. The molecule has 0 aromatic carbocycles. The van der Waals surface area contributed by atoms with E-state index in [1.807, 2.05) is 0 Å². The van der Waals surface area contributed by atoms with Crippen LogP contribution in [0, 0.1) is 11.8 Å². The van der Waals surface area contributed by atoms with Crippen LogP contribution in [0.5, 0.6) is 0 Å². The van der Waals surface area contributed by atoms with Crippen LogP contribution in [0.1, 0.15) is 32.6 Å². The molecular weight excluding hydrogens is 176 g/mol. The van der Waals surface area contributed by atoms with Crippen molar-refractivity contribution in [1.29, 1.82) is 0 Å². The van der Waals surface area contributed by atoms with Gasteiger partial charge >= 0.3 is 0 Å². The quantitative estimate of drug-likeness (QED) is 0.689. The predicted octanol–water partition coefficient (Wildman–Crippen LogP) is 0.901. The second-order valence-corrected chi connectivity index (χ2v) is 4.82. The molecule has 1 aliphatic carbocycles. The molecule has 1 aliphatic heterocycles. The largest absolute Gasteiger partial charge is 0.351 e. The third-order valence-corrected chi connectivity index (χ3v) is 3.51. The number of hydrogen-bond donors (Lipinski definition) is 2. The predicted molar refractivity (Wildman–Crippen MR) is 55.9 cm³/mol. The number of hydrogen-bond acceptors (Lipinski definition) is 2. The molecule has 0 bridgehead atoms. The lowest BCUT2D eigenvalue weighted by atomic mass is 9.82. The normalized spacial score (nSPS) is 33.5. The van der Waals surface area contributed by atoms with Gasteiger partial charge in [-0.15, -0.1) is 0 Å². The molecule has 0 aromatic heterocycles. The minimum atomic E-state index is 0.295. The molecule has 0 unspecified atom stereocenters. The van der Waals surface area contributed by atoms with Gasteiger partial charge in [0.1, 0.15) is 0 Å². The van der Waals surface area contributed by atoms with Crippen molar-refractivity contribution < 1.29 is 4.79 Å². The Bertz CT molecular complexity index is 205. The molecule has 2 rings (SSSR count). The summed E-state index contributed by atoms with van der Waals surface area (Å²) >= 11 is 0. The number of amides is 1. The first-order valence-electron chi connectivity index (χ1n) is 5.77. The van der Waals surface area contributed by atoms with E-state index >= 15 is 0 Å². The zero-order valence-corrected chi connectivity index (χ0v) is 8.88. The van der Waals surface area contributed by atoms with Gasteiger partial charge in [0.2, 0.25) is 5.91 Å². The minimum Gasteiger partial charge on any atom is -0.351 e. The van der Waals surface area contributed by atoms with Gasteiger partial charge in [0.15, 0.2) is 0 Å². The Morgan fingerprint density at radius 3 is 2.36 bits per heavy atom. The molecule has 1 amide bonds. The molecule has 80 valence electrons. The second kappa shape index (κ2) is 4.30. The molecule has 2 aliphatic rings. The highest BCUT2D eigenvalue weighted by molar-refractivity contribution is 5.79.